The number of methoxy groups -OCH3 is 2. The van der Waals surface area contributed by atoms with Gasteiger partial charge in [-0.3, -0.25) is 9.59 Å². The number of aliphatic hydroxyl groups is 1. The van der Waals surface area contributed by atoms with Gasteiger partial charge in [-0.2, -0.15) is 0 Å². The van der Waals surface area contributed by atoms with Crippen molar-refractivity contribution < 1.29 is 34.0 Å². The molecule has 0 saturated carbocycles. The van der Waals surface area contributed by atoms with Gasteiger partial charge in [-0.1, -0.05) is 19.9 Å². The maximum absolute atomic E-state index is 13.1. The highest BCUT2D eigenvalue weighted by Gasteiger charge is 2.46. The molecule has 8 heteroatoms. The first-order valence-corrected chi connectivity index (χ1v) is 11.2. The SMILES string of the molecule is CCOc1cc(C2/C(=C(\O)c3ccc(OC)c(C(C)C)c3)C(=O)C(=O)N2CCOC)ccc1O. The van der Waals surface area contributed by atoms with Gasteiger partial charge < -0.3 is 29.3 Å². The lowest BCUT2D eigenvalue weighted by Gasteiger charge is -2.25. The zero-order valence-electron chi connectivity index (χ0n) is 20.1. The number of phenolic OH excluding ortho intramolecular Hbond substituents is 1. The fourth-order valence-corrected chi connectivity index (χ4v) is 4.11. The fourth-order valence-electron chi connectivity index (χ4n) is 4.11. The van der Waals surface area contributed by atoms with E-state index in [-0.39, 0.29) is 41.9 Å². The molecule has 1 amide bonds. The number of likely N-dealkylation sites (tertiary alicyclic amines) is 1. The van der Waals surface area contributed by atoms with Crippen LogP contribution in [0.15, 0.2) is 42.0 Å². The van der Waals surface area contributed by atoms with Crippen LogP contribution in [0.4, 0.5) is 0 Å². The molecule has 1 aliphatic heterocycles. The van der Waals surface area contributed by atoms with Crippen molar-refractivity contribution in [2.24, 2.45) is 0 Å². The summed E-state index contributed by atoms with van der Waals surface area (Å²) in [7, 11) is 3.08. The number of aromatic hydroxyl groups is 1. The lowest BCUT2D eigenvalue weighted by atomic mass is 9.93. The Morgan fingerprint density at radius 2 is 1.82 bits per heavy atom. The smallest absolute Gasteiger partial charge is 0.295 e. The second kappa shape index (κ2) is 10.6. The van der Waals surface area contributed by atoms with Crippen LogP contribution >= 0.6 is 0 Å². The van der Waals surface area contributed by atoms with Gasteiger partial charge in [0.1, 0.15) is 11.5 Å². The van der Waals surface area contributed by atoms with Gasteiger partial charge in [-0.15, -0.1) is 0 Å². The highest BCUT2D eigenvalue weighted by atomic mass is 16.5. The van der Waals surface area contributed by atoms with Crippen LogP contribution in [0, 0.1) is 0 Å². The highest BCUT2D eigenvalue weighted by Crippen LogP contribution is 2.42. The molecular formula is C26H31NO7. The van der Waals surface area contributed by atoms with Crippen LogP contribution in [-0.4, -0.2) is 60.8 Å². The van der Waals surface area contributed by atoms with E-state index in [1.165, 1.54) is 18.1 Å². The Morgan fingerprint density at radius 1 is 1.09 bits per heavy atom. The molecule has 3 rings (SSSR count). The molecule has 182 valence electrons. The minimum Gasteiger partial charge on any atom is -0.507 e. The summed E-state index contributed by atoms with van der Waals surface area (Å²) < 4.78 is 16.1. The number of hydrogen-bond donors (Lipinski definition) is 2. The van der Waals surface area contributed by atoms with Crippen LogP contribution in [-0.2, 0) is 14.3 Å². The van der Waals surface area contributed by atoms with Crippen molar-refractivity contribution in [1.29, 1.82) is 0 Å². The number of phenols is 1. The third-order valence-corrected chi connectivity index (χ3v) is 5.80. The maximum Gasteiger partial charge on any atom is 0.295 e. The molecule has 0 aromatic heterocycles. The van der Waals surface area contributed by atoms with Crippen LogP contribution < -0.4 is 9.47 Å². The van der Waals surface area contributed by atoms with E-state index in [2.05, 4.69) is 0 Å². The van der Waals surface area contributed by atoms with E-state index in [4.69, 9.17) is 14.2 Å². The summed E-state index contributed by atoms with van der Waals surface area (Å²) in [6.07, 6.45) is 0. The standard InChI is InChI=1S/C26H31NO7/c1-6-34-21-14-16(7-9-19(21)28)23-22(25(30)26(31)27(23)11-12-32-4)24(29)17-8-10-20(33-5)18(13-17)15(2)3/h7-10,13-15,23,28-29H,6,11-12H2,1-5H3/b24-22+. The number of aliphatic hydroxyl groups excluding tert-OH is 1. The van der Waals surface area contributed by atoms with Crippen molar-refractivity contribution in [2.75, 3.05) is 34.0 Å². The highest BCUT2D eigenvalue weighted by molar-refractivity contribution is 6.46. The first-order chi connectivity index (χ1) is 16.2. The topological polar surface area (TPSA) is 106 Å². The van der Waals surface area contributed by atoms with Gasteiger partial charge in [0.15, 0.2) is 11.5 Å². The Balaban J connectivity index is 2.21. The van der Waals surface area contributed by atoms with Crippen LogP contribution in [0.5, 0.6) is 17.2 Å². The third-order valence-electron chi connectivity index (χ3n) is 5.80. The lowest BCUT2D eigenvalue weighted by molar-refractivity contribution is -0.140. The van der Waals surface area contributed by atoms with Crippen molar-refractivity contribution >= 4 is 17.4 Å². The predicted octanol–water partition coefficient (Wildman–Crippen LogP) is 3.99. The monoisotopic (exact) mass is 469 g/mol. The quantitative estimate of drug-likeness (QED) is 0.325. The van der Waals surface area contributed by atoms with Gasteiger partial charge in [0.05, 0.1) is 31.9 Å². The van der Waals surface area contributed by atoms with E-state index in [0.29, 0.717) is 23.5 Å². The molecule has 1 unspecified atom stereocenters. The normalized spacial score (nSPS) is 17.5. The number of rotatable bonds is 9. The van der Waals surface area contributed by atoms with Crippen LogP contribution in [0.25, 0.3) is 5.76 Å². The number of nitrogens with zero attached hydrogens (tertiary/aromatic N) is 1. The van der Waals surface area contributed by atoms with E-state index in [0.717, 1.165) is 5.56 Å². The molecule has 2 aromatic carbocycles. The number of amides is 1. The summed E-state index contributed by atoms with van der Waals surface area (Å²) in [5, 5.41) is 21.4. The molecule has 1 fully saturated rings. The Kier molecular flexibility index (Phi) is 7.83. The molecule has 1 heterocycles. The van der Waals surface area contributed by atoms with Gasteiger partial charge in [0.2, 0.25) is 0 Å². The maximum atomic E-state index is 13.1. The predicted molar refractivity (Wildman–Crippen MR) is 127 cm³/mol. The summed E-state index contributed by atoms with van der Waals surface area (Å²) in [5.74, 6) is -0.852. The average Bonchev–Trinajstić information content (AvgIpc) is 3.08. The number of hydrogen-bond acceptors (Lipinski definition) is 7. The summed E-state index contributed by atoms with van der Waals surface area (Å²) in [4.78, 5) is 27.5. The number of carbonyl (C=O) groups is 2. The molecule has 0 bridgehead atoms. The first kappa shape index (κ1) is 25.1. The first-order valence-electron chi connectivity index (χ1n) is 11.2. The minimum absolute atomic E-state index is 0.0332. The number of benzene rings is 2. The number of ketones is 1. The lowest BCUT2D eigenvalue weighted by Crippen LogP contribution is -2.32. The Labute approximate surface area is 199 Å². The van der Waals surface area contributed by atoms with Crippen molar-refractivity contribution in [3.05, 3.63) is 58.7 Å². The number of carbonyl (C=O) groups excluding carboxylic acids is 2. The molecule has 0 radical (unpaired) electrons. The molecule has 2 aromatic rings. The average molecular weight is 470 g/mol. The van der Waals surface area contributed by atoms with Crippen molar-refractivity contribution in [2.45, 2.75) is 32.7 Å². The Morgan fingerprint density at radius 3 is 2.44 bits per heavy atom. The number of Topliss-reactive ketones (excluding diaryl/α,β-unsaturated/α-hetero) is 1. The van der Waals surface area contributed by atoms with Gasteiger partial charge in [-0.05, 0) is 54.3 Å². The zero-order chi connectivity index (χ0) is 25.0. The number of ether oxygens (including phenoxy) is 3. The third kappa shape index (κ3) is 4.72. The van der Waals surface area contributed by atoms with E-state index < -0.39 is 17.7 Å². The largest absolute Gasteiger partial charge is 0.507 e. The van der Waals surface area contributed by atoms with Crippen LogP contribution in [0.2, 0.25) is 0 Å². The van der Waals surface area contributed by atoms with Crippen molar-refractivity contribution in [1.82, 2.24) is 4.90 Å². The Bertz CT molecular complexity index is 1110. The van der Waals surface area contributed by atoms with Crippen molar-refractivity contribution in [3.63, 3.8) is 0 Å². The molecule has 0 aliphatic carbocycles. The van der Waals surface area contributed by atoms with E-state index >= 15 is 0 Å². The van der Waals surface area contributed by atoms with Crippen molar-refractivity contribution in [3.8, 4) is 17.2 Å². The van der Waals surface area contributed by atoms with Crippen LogP contribution in [0.1, 0.15) is 49.4 Å². The minimum atomic E-state index is -0.875. The summed E-state index contributed by atoms with van der Waals surface area (Å²) in [5.41, 5.74) is 1.76. The molecule has 1 saturated heterocycles. The van der Waals surface area contributed by atoms with E-state index in [9.17, 15) is 19.8 Å². The second-order valence-electron chi connectivity index (χ2n) is 8.26. The molecule has 0 spiro atoms. The van der Waals surface area contributed by atoms with E-state index in [1.807, 2.05) is 13.8 Å². The van der Waals surface area contributed by atoms with Gasteiger partial charge in [-0.25, -0.2) is 0 Å². The second-order valence-corrected chi connectivity index (χ2v) is 8.26. The van der Waals surface area contributed by atoms with Gasteiger partial charge in [0, 0.05) is 19.2 Å². The molecular weight excluding hydrogens is 438 g/mol. The van der Waals surface area contributed by atoms with Gasteiger partial charge in [0.25, 0.3) is 11.7 Å². The summed E-state index contributed by atoms with van der Waals surface area (Å²) in [6, 6.07) is 8.91. The summed E-state index contributed by atoms with van der Waals surface area (Å²) in [6.45, 7) is 6.46. The molecule has 1 atom stereocenters. The van der Waals surface area contributed by atoms with Crippen LogP contribution in [0.3, 0.4) is 0 Å². The van der Waals surface area contributed by atoms with Gasteiger partial charge >= 0.3 is 0 Å². The fraction of sp³-hybridized carbons (Fsp3) is 0.385. The molecule has 2 N–H and O–H groups in total. The van der Waals surface area contributed by atoms with E-state index in [1.54, 1.807) is 44.4 Å². The zero-order valence-corrected chi connectivity index (χ0v) is 20.1. The summed E-state index contributed by atoms with van der Waals surface area (Å²) >= 11 is 0. The molecule has 34 heavy (non-hydrogen) atoms. The molecule has 8 nitrogen and oxygen atoms in total. The molecule has 1 aliphatic rings. The Hall–Kier alpha value is -3.52.